The average Bonchev–Trinajstić information content (AvgIpc) is 2.52. The number of nitrogens with one attached hydrogen (secondary N) is 1. The number of methoxy groups -OCH3 is 1. The summed E-state index contributed by atoms with van der Waals surface area (Å²) in [6.07, 6.45) is 1.01. The molecule has 8 heteroatoms. The lowest BCUT2D eigenvalue weighted by molar-refractivity contribution is -0.384. The van der Waals surface area contributed by atoms with Crippen LogP contribution >= 0.6 is 0 Å². The molecule has 0 aromatic heterocycles. The molecular formula is C15H16N2O5S. The van der Waals surface area contributed by atoms with E-state index in [1.807, 2.05) is 12.1 Å². The molecule has 0 saturated carbocycles. The zero-order valence-corrected chi connectivity index (χ0v) is 13.5. The van der Waals surface area contributed by atoms with Crippen molar-refractivity contribution in [3.8, 4) is 5.75 Å². The molecule has 0 aliphatic rings. The second kappa shape index (κ2) is 6.66. The quantitative estimate of drug-likeness (QED) is 0.643. The van der Waals surface area contributed by atoms with E-state index in [2.05, 4.69) is 5.32 Å². The van der Waals surface area contributed by atoms with Crippen molar-refractivity contribution in [1.29, 1.82) is 0 Å². The lowest BCUT2D eigenvalue weighted by atomic mass is 10.2. The van der Waals surface area contributed by atoms with Crippen LogP contribution in [-0.4, -0.2) is 26.7 Å². The van der Waals surface area contributed by atoms with Gasteiger partial charge in [-0.3, -0.25) is 10.1 Å². The number of nitro benzene ring substituents is 1. The first-order valence-electron chi connectivity index (χ1n) is 6.66. The fourth-order valence-electron chi connectivity index (χ4n) is 1.98. The molecule has 0 unspecified atom stereocenters. The van der Waals surface area contributed by atoms with Gasteiger partial charge in [-0.15, -0.1) is 0 Å². The molecule has 1 N–H and O–H groups in total. The van der Waals surface area contributed by atoms with Crippen LogP contribution in [-0.2, 0) is 16.4 Å². The molecule has 0 atom stereocenters. The van der Waals surface area contributed by atoms with Crippen molar-refractivity contribution in [2.75, 3.05) is 18.7 Å². The van der Waals surface area contributed by atoms with Gasteiger partial charge in [0, 0.05) is 18.9 Å². The third-order valence-corrected chi connectivity index (χ3v) is 4.35. The molecule has 23 heavy (non-hydrogen) atoms. The molecule has 2 aromatic rings. The number of ether oxygens (including phenoxy) is 1. The summed E-state index contributed by atoms with van der Waals surface area (Å²) in [5.74, 6) is 0.720. The number of sulfone groups is 1. The normalized spacial score (nSPS) is 11.0. The first kappa shape index (κ1) is 16.8. The summed E-state index contributed by atoms with van der Waals surface area (Å²) in [4.78, 5) is 10.5. The van der Waals surface area contributed by atoms with Crippen LogP contribution in [0, 0.1) is 10.1 Å². The monoisotopic (exact) mass is 336 g/mol. The fourth-order valence-corrected chi connectivity index (χ4v) is 2.62. The van der Waals surface area contributed by atoms with E-state index in [0.29, 0.717) is 6.54 Å². The zero-order valence-electron chi connectivity index (χ0n) is 12.6. The third kappa shape index (κ3) is 4.19. The van der Waals surface area contributed by atoms with Crippen molar-refractivity contribution >= 4 is 21.2 Å². The molecule has 2 aromatic carbocycles. The number of nitrogens with zero attached hydrogens (tertiary/aromatic N) is 1. The number of nitro groups is 1. The van der Waals surface area contributed by atoms with Crippen LogP contribution < -0.4 is 10.1 Å². The minimum Gasteiger partial charge on any atom is -0.497 e. The Morgan fingerprint density at radius 2 is 1.83 bits per heavy atom. The summed E-state index contributed by atoms with van der Waals surface area (Å²) in [7, 11) is -1.93. The smallest absolute Gasteiger partial charge is 0.293 e. The van der Waals surface area contributed by atoms with Crippen molar-refractivity contribution in [2.24, 2.45) is 0 Å². The molecule has 2 rings (SSSR count). The maximum atomic E-state index is 11.5. The van der Waals surface area contributed by atoms with Crippen LogP contribution in [0.2, 0.25) is 0 Å². The van der Waals surface area contributed by atoms with E-state index >= 15 is 0 Å². The minimum atomic E-state index is -3.50. The summed E-state index contributed by atoms with van der Waals surface area (Å²) in [6.45, 7) is 0.364. The largest absolute Gasteiger partial charge is 0.497 e. The van der Waals surface area contributed by atoms with E-state index in [9.17, 15) is 18.5 Å². The topological polar surface area (TPSA) is 98.5 Å². The molecule has 7 nitrogen and oxygen atoms in total. The second-order valence-electron chi connectivity index (χ2n) is 4.91. The molecule has 0 bridgehead atoms. The summed E-state index contributed by atoms with van der Waals surface area (Å²) >= 11 is 0. The standard InChI is InChI=1S/C15H16N2O5S/c1-22-12-5-3-11(4-6-12)10-16-14-8-7-13(23(2,20)21)9-15(14)17(18)19/h3-9,16H,10H2,1-2H3. The van der Waals surface area contributed by atoms with Crippen molar-refractivity contribution in [3.63, 3.8) is 0 Å². The highest BCUT2D eigenvalue weighted by Gasteiger charge is 2.18. The number of benzene rings is 2. The van der Waals surface area contributed by atoms with Crippen LogP contribution in [0.25, 0.3) is 0 Å². The number of hydrogen-bond donors (Lipinski definition) is 1. The number of anilines is 1. The van der Waals surface area contributed by atoms with Crippen LogP contribution in [0.1, 0.15) is 5.56 Å². The molecule has 0 spiro atoms. The van der Waals surface area contributed by atoms with Crippen LogP contribution in [0.4, 0.5) is 11.4 Å². The predicted molar refractivity (Wildman–Crippen MR) is 86.5 cm³/mol. The van der Waals surface area contributed by atoms with E-state index in [-0.39, 0.29) is 16.3 Å². The Bertz CT molecular complexity index is 816. The Morgan fingerprint density at radius 1 is 1.17 bits per heavy atom. The summed E-state index contributed by atoms with van der Waals surface area (Å²) in [5, 5.41) is 14.1. The van der Waals surface area contributed by atoms with E-state index in [1.54, 1.807) is 19.2 Å². The molecule has 122 valence electrons. The van der Waals surface area contributed by atoms with E-state index in [4.69, 9.17) is 4.74 Å². The fraction of sp³-hybridized carbons (Fsp3) is 0.200. The van der Waals surface area contributed by atoms with Gasteiger partial charge in [-0.2, -0.15) is 0 Å². The van der Waals surface area contributed by atoms with Gasteiger partial charge in [-0.1, -0.05) is 12.1 Å². The van der Waals surface area contributed by atoms with Crippen molar-refractivity contribution < 1.29 is 18.1 Å². The Labute approximate surface area is 134 Å². The minimum absolute atomic E-state index is 0.0841. The van der Waals surface area contributed by atoms with Crippen LogP contribution in [0.3, 0.4) is 0 Å². The molecule has 0 fully saturated rings. The number of rotatable bonds is 6. The SMILES string of the molecule is COc1ccc(CNc2ccc(S(C)(=O)=O)cc2[N+](=O)[O-])cc1. The van der Waals surface area contributed by atoms with Gasteiger partial charge in [-0.05, 0) is 29.8 Å². The molecule has 0 amide bonds. The van der Waals surface area contributed by atoms with Gasteiger partial charge >= 0.3 is 0 Å². The van der Waals surface area contributed by atoms with Crippen molar-refractivity contribution in [1.82, 2.24) is 0 Å². The second-order valence-corrected chi connectivity index (χ2v) is 6.93. The van der Waals surface area contributed by atoms with Crippen molar-refractivity contribution in [3.05, 3.63) is 58.1 Å². The Morgan fingerprint density at radius 3 is 2.35 bits per heavy atom. The third-order valence-electron chi connectivity index (χ3n) is 3.24. The van der Waals surface area contributed by atoms with E-state index in [0.717, 1.165) is 23.6 Å². The van der Waals surface area contributed by atoms with Gasteiger partial charge in [0.2, 0.25) is 0 Å². The molecule has 0 heterocycles. The van der Waals surface area contributed by atoms with Crippen LogP contribution in [0.5, 0.6) is 5.75 Å². The molecule has 0 radical (unpaired) electrons. The Balaban J connectivity index is 2.23. The van der Waals surface area contributed by atoms with Gasteiger partial charge in [0.25, 0.3) is 5.69 Å². The lowest BCUT2D eigenvalue weighted by Crippen LogP contribution is -2.05. The first-order chi connectivity index (χ1) is 10.8. The maximum absolute atomic E-state index is 11.5. The zero-order chi connectivity index (χ0) is 17.0. The van der Waals surface area contributed by atoms with Gasteiger partial charge in [-0.25, -0.2) is 8.42 Å². The summed E-state index contributed by atoms with van der Waals surface area (Å²) in [6, 6.07) is 11.1. The first-order valence-corrected chi connectivity index (χ1v) is 8.55. The highest BCUT2D eigenvalue weighted by atomic mass is 32.2. The lowest BCUT2D eigenvalue weighted by Gasteiger charge is -2.09. The van der Waals surface area contributed by atoms with Crippen LogP contribution in [0.15, 0.2) is 47.4 Å². The van der Waals surface area contributed by atoms with Gasteiger partial charge in [0.1, 0.15) is 11.4 Å². The molecule has 0 aliphatic carbocycles. The Kier molecular flexibility index (Phi) is 4.85. The highest BCUT2D eigenvalue weighted by molar-refractivity contribution is 7.90. The maximum Gasteiger partial charge on any atom is 0.293 e. The molecule has 0 saturated heterocycles. The highest BCUT2D eigenvalue weighted by Crippen LogP contribution is 2.28. The molecule has 0 aliphatic heterocycles. The van der Waals surface area contributed by atoms with E-state index < -0.39 is 14.8 Å². The van der Waals surface area contributed by atoms with Gasteiger partial charge in [0.05, 0.1) is 16.9 Å². The van der Waals surface area contributed by atoms with Gasteiger partial charge in [0.15, 0.2) is 9.84 Å². The summed E-state index contributed by atoms with van der Waals surface area (Å²) in [5.41, 5.74) is 0.895. The average molecular weight is 336 g/mol. The van der Waals surface area contributed by atoms with Crippen molar-refractivity contribution in [2.45, 2.75) is 11.4 Å². The van der Waals surface area contributed by atoms with Gasteiger partial charge < -0.3 is 10.1 Å². The molecular weight excluding hydrogens is 320 g/mol. The Hall–Kier alpha value is -2.61. The number of hydrogen-bond acceptors (Lipinski definition) is 6. The predicted octanol–water partition coefficient (Wildman–Crippen LogP) is 2.62. The summed E-state index contributed by atoms with van der Waals surface area (Å²) < 4.78 is 28.1. The van der Waals surface area contributed by atoms with E-state index in [1.165, 1.54) is 12.1 Å².